The second-order valence-corrected chi connectivity index (χ2v) is 8.83. The summed E-state index contributed by atoms with van der Waals surface area (Å²) in [5.41, 5.74) is -0.124. The molecule has 0 amide bonds. The lowest BCUT2D eigenvalue weighted by atomic mass is 9.88. The predicted molar refractivity (Wildman–Crippen MR) is 82.9 cm³/mol. The third-order valence-electron chi connectivity index (χ3n) is 5.17. The van der Waals surface area contributed by atoms with Crippen molar-refractivity contribution in [3.63, 3.8) is 0 Å². The van der Waals surface area contributed by atoms with E-state index in [1.165, 1.54) is 4.31 Å². The molecule has 8 heteroatoms. The molecule has 0 N–H and O–H groups in total. The Morgan fingerprint density at radius 3 is 2.32 bits per heavy atom. The van der Waals surface area contributed by atoms with Gasteiger partial charge in [-0.1, -0.05) is 0 Å². The summed E-state index contributed by atoms with van der Waals surface area (Å²) in [6.07, 6.45) is 2.60. The summed E-state index contributed by atoms with van der Waals surface area (Å²) in [4.78, 5) is 2.46. The molecule has 7 nitrogen and oxygen atoms in total. The highest BCUT2D eigenvalue weighted by molar-refractivity contribution is 7.86. The fourth-order valence-corrected chi connectivity index (χ4v) is 4.81. The Hall–Kier alpha value is -0.250. The molecule has 0 saturated carbocycles. The Morgan fingerprint density at radius 2 is 1.73 bits per heavy atom. The summed E-state index contributed by atoms with van der Waals surface area (Å²) in [5, 5.41) is 0. The van der Waals surface area contributed by atoms with E-state index in [1.807, 2.05) is 0 Å². The monoisotopic (exact) mass is 333 g/mol. The van der Waals surface area contributed by atoms with Crippen molar-refractivity contribution < 1.29 is 17.9 Å². The lowest BCUT2D eigenvalue weighted by Crippen LogP contribution is -2.50. The van der Waals surface area contributed by atoms with Gasteiger partial charge in [0.15, 0.2) is 0 Å². The van der Waals surface area contributed by atoms with Gasteiger partial charge in [-0.3, -0.25) is 4.90 Å². The Bertz CT molecular complexity index is 482. The number of rotatable bonds is 3. The number of piperidine rings is 1. The molecule has 0 radical (unpaired) electrons. The standard InChI is InChI=1S/C14H27N3O4S/c1-15(2)22(18,19)17-5-3-14(4-6-17)11-13(12-21-14)16-7-9-20-10-8-16/h13H,3-12H2,1-2H3. The van der Waals surface area contributed by atoms with Crippen LogP contribution in [-0.4, -0.2) is 93.7 Å². The largest absolute Gasteiger partial charge is 0.379 e. The van der Waals surface area contributed by atoms with E-state index in [2.05, 4.69) is 4.90 Å². The normalized spacial score (nSPS) is 31.1. The summed E-state index contributed by atoms with van der Waals surface area (Å²) < 4.78 is 38.8. The van der Waals surface area contributed by atoms with Crippen molar-refractivity contribution >= 4 is 10.2 Å². The minimum Gasteiger partial charge on any atom is -0.379 e. The maximum absolute atomic E-state index is 12.2. The SMILES string of the molecule is CN(C)S(=O)(=O)N1CCC2(CC1)CC(N1CCOCC1)CO2. The van der Waals surface area contributed by atoms with E-state index < -0.39 is 10.2 Å². The Morgan fingerprint density at radius 1 is 1.09 bits per heavy atom. The molecule has 22 heavy (non-hydrogen) atoms. The van der Waals surface area contributed by atoms with Gasteiger partial charge in [0.25, 0.3) is 10.2 Å². The van der Waals surface area contributed by atoms with Gasteiger partial charge in [0.1, 0.15) is 0 Å². The fraction of sp³-hybridized carbons (Fsp3) is 1.00. The number of hydrogen-bond donors (Lipinski definition) is 0. The molecule has 3 rings (SSSR count). The highest BCUT2D eigenvalue weighted by atomic mass is 32.2. The first-order chi connectivity index (χ1) is 10.4. The summed E-state index contributed by atoms with van der Waals surface area (Å²) in [6.45, 7) is 5.43. The van der Waals surface area contributed by atoms with Crippen molar-refractivity contribution in [3.05, 3.63) is 0 Å². The molecular formula is C14H27N3O4S. The molecule has 1 spiro atoms. The summed E-state index contributed by atoms with van der Waals surface area (Å²) >= 11 is 0. The molecule has 0 aromatic rings. The first-order valence-electron chi connectivity index (χ1n) is 8.06. The third kappa shape index (κ3) is 3.18. The molecule has 3 fully saturated rings. The Labute approximate surface area is 133 Å². The van der Waals surface area contributed by atoms with Crippen LogP contribution in [0.25, 0.3) is 0 Å². The zero-order chi connectivity index (χ0) is 15.8. The zero-order valence-corrected chi connectivity index (χ0v) is 14.3. The van der Waals surface area contributed by atoms with Crippen LogP contribution in [0.15, 0.2) is 0 Å². The summed E-state index contributed by atoms with van der Waals surface area (Å²) in [5.74, 6) is 0. The molecule has 0 aromatic carbocycles. The molecule has 128 valence electrons. The number of nitrogens with zero attached hydrogens (tertiary/aromatic N) is 3. The van der Waals surface area contributed by atoms with Crippen molar-refractivity contribution in [1.82, 2.24) is 13.5 Å². The molecule has 3 heterocycles. The highest BCUT2D eigenvalue weighted by Gasteiger charge is 2.46. The van der Waals surface area contributed by atoms with Crippen molar-refractivity contribution in [2.24, 2.45) is 0 Å². The average Bonchev–Trinajstić information content (AvgIpc) is 2.92. The van der Waals surface area contributed by atoms with Crippen LogP contribution < -0.4 is 0 Å². The van der Waals surface area contributed by atoms with E-state index in [0.29, 0.717) is 19.1 Å². The zero-order valence-electron chi connectivity index (χ0n) is 13.5. The first-order valence-corrected chi connectivity index (χ1v) is 9.46. The maximum Gasteiger partial charge on any atom is 0.281 e. The fourth-order valence-electron chi connectivity index (χ4n) is 3.70. The predicted octanol–water partition coefficient (Wildman–Crippen LogP) is -0.251. The Kier molecular flexibility index (Phi) is 4.78. The molecule has 1 unspecified atom stereocenters. The molecule has 3 aliphatic rings. The topological polar surface area (TPSA) is 62.3 Å². The van der Waals surface area contributed by atoms with Crippen LogP contribution in [0.4, 0.5) is 0 Å². The van der Waals surface area contributed by atoms with Crippen LogP contribution in [0.1, 0.15) is 19.3 Å². The van der Waals surface area contributed by atoms with Crippen LogP contribution in [0.5, 0.6) is 0 Å². The summed E-state index contributed by atoms with van der Waals surface area (Å²) in [6, 6.07) is 0.459. The Balaban J connectivity index is 1.57. The maximum atomic E-state index is 12.2. The number of ether oxygens (including phenoxy) is 2. The number of morpholine rings is 1. The van der Waals surface area contributed by atoms with E-state index in [-0.39, 0.29) is 5.60 Å². The van der Waals surface area contributed by atoms with Gasteiger partial charge in [0.2, 0.25) is 0 Å². The van der Waals surface area contributed by atoms with E-state index >= 15 is 0 Å². The molecule has 0 aliphatic carbocycles. The van der Waals surface area contributed by atoms with Crippen LogP contribution in [0, 0.1) is 0 Å². The lowest BCUT2D eigenvalue weighted by molar-refractivity contribution is -0.0333. The van der Waals surface area contributed by atoms with Crippen LogP contribution in [0.2, 0.25) is 0 Å². The van der Waals surface area contributed by atoms with Gasteiger partial charge in [0, 0.05) is 46.3 Å². The van der Waals surface area contributed by atoms with Crippen molar-refractivity contribution in [3.8, 4) is 0 Å². The van der Waals surface area contributed by atoms with E-state index in [1.54, 1.807) is 18.4 Å². The second kappa shape index (κ2) is 6.33. The lowest BCUT2D eigenvalue weighted by Gasteiger charge is -2.39. The van der Waals surface area contributed by atoms with Gasteiger partial charge >= 0.3 is 0 Å². The van der Waals surface area contributed by atoms with Gasteiger partial charge in [-0.05, 0) is 19.3 Å². The van der Waals surface area contributed by atoms with Gasteiger partial charge in [-0.2, -0.15) is 17.0 Å². The highest BCUT2D eigenvalue weighted by Crippen LogP contribution is 2.38. The molecule has 3 aliphatic heterocycles. The van der Waals surface area contributed by atoms with E-state index in [9.17, 15) is 8.42 Å². The van der Waals surface area contributed by atoms with Crippen molar-refractivity contribution in [1.29, 1.82) is 0 Å². The van der Waals surface area contributed by atoms with Crippen molar-refractivity contribution in [2.45, 2.75) is 30.9 Å². The van der Waals surface area contributed by atoms with Gasteiger partial charge in [-0.25, -0.2) is 0 Å². The average molecular weight is 333 g/mol. The van der Waals surface area contributed by atoms with Crippen LogP contribution in [-0.2, 0) is 19.7 Å². The van der Waals surface area contributed by atoms with Crippen LogP contribution >= 0.6 is 0 Å². The van der Waals surface area contributed by atoms with E-state index in [4.69, 9.17) is 9.47 Å². The van der Waals surface area contributed by atoms with Crippen LogP contribution in [0.3, 0.4) is 0 Å². The second-order valence-electron chi connectivity index (χ2n) is 6.69. The minimum atomic E-state index is -3.30. The van der Waals surface area contributed by atoms with Gasteiger partial charge in [-0.15, -0.1) is 0 Å². The van der Waals surface area contributed by atoms with Crippen molar-refractivity contribution in [2.75, 3.05) is 60.1 Å². The molecule has 0 aromatic heterocycles. The quantitative estimate of drug-likeness (QED) is 0.713. The molecule has 1 atom stereocenters. The first kappa shape index (κ1) is 16.6. The molecule has 0 bridgehead atoms. The van der Waals surface area contributed by atoms with E-state index in [0.717, 1.165) is 52.2 Å². The van der Waals surface area contributed by atoms with Gasteiger partial charge < -0.3 is 9.47 Å². The molecule has 3 saturated heterocycles. The number of hydrogen-bond acceptors (Lipinski definition) is 5. The summed E-state index contributed by atoms with van der Waals surface area (Å²) in [7, 11) is -0.129. The van der Waals surface area contributed by atoms with Gasteiger partial charge in [0.05, 0.1) is 25.4 Å². The smallest absolute Gasteiger partial charge is 0.281 e. The minimum absolute atomic E-state index is 0.124. The third-order valence-corrected chi connectivity index (χ3v) is 7.11. The molecular weight excluding hydrogens is 306 g/mol.